The van der Waals surface area contributed by atoms with E-state index in [0.717, 1.165) is 9.78 Å². The van der Waals surface area contributed by atoms with Gasteiger partial charge in [-0.2, -0.15) is 13.2 Å². The van der Waals surface area contributed by atoms with Crippen LogP contribution in [0.25, 0.3) is 0 Å². The maximum Gasteiger partial charge on any atom is 0.406 e. The number of alkyl halides is 3. The molecule has 1 amide bonds. The molecule has 2 unspecified atom stereocenters. The van der Waals surface area contributed by atoms with Gasteiger partial charge in [-0.25, -0.2) is 0 Å². The molecule has 0 saturated carbocycles. The van der Waals surface area contributed by atoms with Crippen LogP contribution in [0.4, 0.5) is 13.2 Å². The van der Waals surface area contributed by atoms with Gasteiger partial charge >= 0.3 is 6.18 Å². The molecule has 1 aromatic heterocycles. The summed E-state index contributed by atoms with van der Waals surface area (Å²) in [4.78, 5) is 16.0. The molecule has 112 valence electrons. The molecule has 0 N–H and O–H groups in total. The van der Waals surface area contributed by atoms with Gasteiger partial charge in [-0.3, -0.25) is 9.69 Å². The molecule has 2 atom stereocenters. The topological polar surface area (TPSA) is 23.6 Å². The monoisotopic (exact) mass is 306 g/mol. The molecule has 20 heavy (non-hydrogen) atoms. The smallest absolute Gasteiger partial charge is 0.332 e. The van der Waals surface area contributed by atoms with Crippen molar-refractivity contribution in [2.75, 3.05) is 20.1 Å². The van der Waals surface area contributed by atoms with Gasteiger partial charge in [-0.15, -0.1) is 11.3 Å². The summed E-state index contributed by atoms with van der Waals surface area (Å²) in [7, 11) is 1.80. The molecule has 1 fully saturated rings. The zero-order chi connectivity index (χ0) is 14.9. The van der Waals surface area contributed by atoms with E-state index < -0.39 is 24.7 Å². The first-order valence-corrected chi connectivity index (χ1v) is 7.28. The maximum atomic E-state index is 12.4. The Balaban J connectivity index is 2.02. The summed E-state index contributed by atoms with van der Waals surface area (Å²) in [5.41, 5.74) is 0. The zero-order valence-corrected chi connectivity index (χ0v) is 12.2. The second-order valence-electron chi connectivity index (χ2n) is 5.04. The predicted octanol–water partition coefficient (Wildman–Crippen LogP) is 2.90. The Kier molecular flexibility index (Phi) is 4.39. The van der Waals surface area contributed by atoms with E-state index in [-0.39, 0.29) is 12.6 Å². The highest BCUT2D eigenvalue weighted by atomic mass is 32.1. The molecule has 3 nitrogen and oxygen atoms in total. The maximum absolute atomic E-state index is 12.4. The van der Waals surface area contributed by atoms with Crippen LogP contribution in [0, 0.1) is 0 Å². The van der Waals surface area contributed by atoms with Gasteiger partial charge in [0.25, 0.3) is 0 Å². The molecule has 0 radical (unpaired) electrons. The van der Waals surface area contributed by atoms with Crippen molar-refractivity contribution in [1.82, 2.24) is 9.80 Å². The number of hydrogen-bond acceptors (Lipinski definition) is 3. The van der Waals surface area contributed by atoms with Gasteiger partial charge in [-0.1, -0.05) is 6.07 Å². The zero-order valence-electron chi connectivity index (χ0n) is 11.4. The molecule has 2 heterocycles. The average Bonchev–Trinajstić information content (AvgIpc) is 2.97. The largest absolute Gasteiger partial charge is 0.406 e. The number of likely N-dealkylation sites (N-methyl/N-ethyl adjacent to an activating group) is 1. The van der Waals surface area contributed by atoms with E-state index in [4.69, 9.17) is 0 Å². The number of amides is 1. The predicted molar refractivity (Wildman–Crippen MR) is 71.5 cm³/mol. The minimum absolute atomic E-state index is 0.0230. The van der Waals surface area contributed by atoms with Crippen LogP contribution in [0.2, 0.25) is 0 Å². The highest BCUT2D eigenvalue weighted by Gasteiger charge is 2.41. The summed E-state index contributed by atoms with van der Waals surface area (Å²) in [6, 6.07) is 3.46. The summed E-state index contributed by atoms with van der Waals surface area (Å²) in [5, 5.41) is 1.95. The molecular formula is C13H17F3N2OS. The van der Waals surface area contributed by atoms with Gasteiger partial charge in [0.2, 0.25) is 5.91 Å². The second-order valence-corrected chi connectivity index (χ2v) is 6.02. The molecule has 1 aliphatic rings. The lowest BCUT2D eigenvalue weighted by Crippen LogP contribution is -2.43. The van der Waals surface area contributed by atoms with Crippen molar-refractivity contribution in [3.63, 3.8) is 0 Å². The minimum Gasteiger partial charge on any atom is -0.332 e. The van der Waals surface area contributed by atoms with Gasteiger partial charge in [0.15, 0.2) is 0 Å². The lowest BCUT2D eigenvalue weighted by molar-refractivity contribution is -0.159. The van der Waals surface area contributed by atoms with E-state index in [9.17, 15) is 18.0 Å². The molecule has 0 aliphatic carbocycles. The number of carbonyl (C=O) groups is 1. The van der Waals surface area contributed by atoms with E-state index in [0.29, 0.717) is 6.42 Å². The van der Waals surface area contributed by atoms with Crippen molar-refractivity contribution < 1.29 is 18.0 Å². The molecule has 1 aliphatic heterocycles. The summed E-state index contributed by atoms with van der Waals surface area (Å²) in [6.07, 6.45) is -3.89. The first-order chi connectivity index (χ1) is 9.29. The molecule has 0 bridgehead atoms. The summed E-state index contributed by atoms with van der Waals surface area (Å²) >= 11 is 1.58. The van der Waals surface area contributed by atoms with Gasteiger partial charge in [0.05, 0.1) is 6.04 Å². The Morgan fingerprint density at radius 3 is 2.80 bits per heavy atom. The Morgan fingerprint density at radius 1 is 1.55 bits per heavy atom. The fourth-order valence-corrected chi connectivity index (χ4v) is 3.31. The summed E-state index contributed by atoms with van der Waals surface area (Å²) in [6.45, 7) is 0.986. The molecule has 2 rings (SSSR count). The van der Waals surface area contributed by atoms with Crippen LogP contribution in [0.1, 0.15) is 24.3 Å². The van der Waals surface area contributed by atoms with Crippen LogP contribution in [0.15, 0.2) is 17.5 Å². The van der Waals surface area contributed by atoms with E-state index in [1.807, 2.05) is 29.3 Å². The standard InChI is InChI=1S/C13H17F3N2OS/c1-9(11-4-3-7-20-11)17(2)10-5-6-18(12(10)19)8-13(14,15)16/h3-4,7,9-10H,5-6,8H2,1-2H3. The van der Waals surface area contributed by atoms with Gasteiger partial charge in [0, 0.05) is 17.5 Å². The van der Waals surface area contributed by atoms with Crippen molar-refractivity contribution in [3.8, 4) is 0 Å². The van der Waals surface area contributed by atoms with E-state index >= 15 is 0 Å². The molecule has 0 spiro atoms. The van der Waals surface area contributed by atoms with Crippen molar-refractivity contribution in [3.05, 3.63) is 22.4 Å². The van der Waals surface area contributed by atoms with Gasteiger partial charge in [-0.05, 0) is 31.8 Å². The number of thiophene rings is 1. The first-order valence-electron chi connectivity index (χ1n) is 6.40. The Morgan fingerprint density at radius 2 is 2.25 bits per heavy atom. The van der Waals surface area contributed by atoms with Crippen molar-refractivity contribution in [2.24, 2.45) is 0 Å². The number of hydrogen-bond donors (Lipinski definition) is 0. The lowest BCUT2D eigenvalue weighted by atomic mass is 10.1. The quantitative estimate of drug-likeness (QED) is 0.854. The Labute approximate surface area is 120 Å². The van der Waals surface area contributed by atoms with Crippen molar-refractivity contribution in [2.45, 2.75) is 31.6 Å². The van der Waals surface area contributed by atoms with Crippen LogP contribution in [-0.4, -0.2) is 48.1 Å². The minimum atomic E-state index is -4.33. The van der Waals surface area contributed by atoms with E-state index in [2.05, 4.69) is 0 Å². The molecule has 1 aromatic rings. The van der Waals surface area contributed by atoms with Crippen LogP contribution in [0.3, 0.4) is 0 Å². The van der Waals surface area contributed by atoms with Crippen LogP contribution in [-0.2, 0) is 4.79 Å². The SMILES string of the molecule is CC(c1cccs1)N(C)C1CCN(CC(F)(F)F)C1=O. The lowest BCUT2D eigenvalue weighted by Gasteiger charge is -2.29. The fourth-order valence-electron chi connectivity index (χ4n) is 2.47. The average molecular weight is 306 g/mol. The number of likely N-dealkylation sites (tertiary alicyclic amines) is 1. The Hall–Kier alpha value is -1.08. The summed E-state index contributed by atoms with van der Waals surface area (Å²) < 4.78 is 37.2. The Bertz CT molecular complexity index is 461. The number of nitrogens with zero attached hydrogens (tertiary/aromatic N) is 2. The van der Waals surface area contributed by atoms with Crippen molar-refractivity contribution in [1.29, 1.82) is 0 Å². The summed E-state index contributed by atoms with van der Waals surface area (Å²) in [5.74, 6) is -0.423. The highest BCUT2D eigenvalue weighted by molar-refractivity contribution is 7.10. The third-order valence-electron chi connectivity index (χ3n) is 3.70. The van der Waals surface area contributed by atoms with Gasteiger partial charge in [0.1, 0.15) is 6.54 Å². The third-order valence-corrected chi connectivity index (χ3v) is 4.74. The van der Waals surface area contributed by atoms with Crippen LogP contribution >= 0.6 is 11.3 Å². The molecule has 0 aromatic carbocycles. The molecular weight excluding hydrogens is 289 g/mol. The van der Waals surface area contributed by atoms with Gasteiger partial charge < -0.3 is 4.90 Å². The molecule has 7 heteroatoms. The highest BCUT2D eigenvalue weighted by Crippen LogP contribution is 2.29. The number of halogens is 3. The third kappa shape index (κ3) is 3.32. The van der Waals surface area contributed by atoms with E-state index in [1.54, 1.807) is 18.4 Å². The molecule has 1 saturated heterocycles. The second kappa shape index (κ2) is 5.73. The fraction of sp³-hybridized carbons (Fsp3) is 0.615. The van der Waals surface area contributed by atoms with Crippen LogP contribution < -0.4 is 0 Å². The van der Waals surface area contributed by atoms with E-state index in [1.165, 1.54) is 0 Å². The normalized spacial score (nSPS) is 21.8. The van der Waals surface area contributed by atoms with Crippen molar-refractivity contribution >= 4 is 17.2 Å². The van der Waals surface area contributed by atoms with Crippen LogP contribution in [0.5, 0.6) is 0 Å². The number of rotatable bonds is 4. The number of carbonyl (C=O) groups excluding carboxylic acids is 1. The first kappa shape index (κ1) is 15.3.